The van der Waals surface area contributed by atoms with Gasteiger partial charge in [0.15, 0.2) is 16.7 Å². The highest BCUT2D eigenvalue weighted by atomic mass is 32.2. The molecule has 7 nitrogen and oxygen atoms in total. The highest BCUT2D eigenvalue weighted by Gasteiger charge is 2.39. The predicted molar refractivity (Wildman–Crippen MR) is 111 cm³/mol. The fraction of sp³-hybridized carbons (Fsp3) is 0.286. The van der Waals surface area contributed by atoms with E-state index in [1.54, 1.807) is 23.1 Å². The summed E-state index contributed by atoms with van der Waals surface area (Å²) in [6.45, 7) is 2.77. The minimum atomic E-state index is -0.565. The van der Waals surface area contributed by atoms with E-state index in [1.165, 1.54) is 23.9 Å². The van der Waals surface area contributed by atoms with Gasteiger partial charge < -0.3 is 14.8 Å². The molecule has 2 aliphatic heterocycles. The number of halogens is 1. The Kier molecular flexibility index (Phi) is 5.89. The van der Waals surface area contributed by atoms with Crippen LogP contribution in [0.2, 0.25) is 0 Å². The average Bonchev–Trinajstić information content (AvgIpc) is 3.30. The standard InChI is InChI=1S/C21H20FN3O4S/c1-2-23-19(26)10-18-20(27)25(11-13-3-8-16-17(9-13)29-12-28-16)21(30-18)24-15-6-4-14(22)5-7-15/h3-9,18H,2,10-12H2,1H3,(H,23,26)/t18-/m1/s1. The maximum absolute atomic E-state index is 13.2. The summed E-state index contributed by atoms with van der Waals surface area (Å²) in [5, 5.41) is 2.63. The number of hydrogen-bond donors (Lipinski definition) is 1. The Morgan fingerprint density at radius 3 is 2.77 bits per heavy atom. The summed E-state index contributed by atoms with van der Waals surface area (Å²) in [5.41, 5.74) is 1.37. The number of rotatable bonds is 6. The minimum Gasteiger partial charge on any atom is -0.454 e. The lowest BCUT2D eigenvalue weighted by Crippen LogP contribution is -2.34. The van der Waals surface area contributed by atoms with Gasteiger partial charge in [-0.05, 0) is 48.9 Å². The van der Waals surface area contributed by atoms with Crippen molar-refractivity contribution in [3.63, 3.8) is 0 Å². The maximum Gasteiger partial charge on any atom is 0.242 e. The first-order chi connectivity index (χ1) is 14.5. The molecule has 9 heteroatoms. The van der Waals surface area contributed by atoms with Gasteiger partial charge in [-0.15, -0.1) is 0 Å². The number of benzene rings is 2. The monoisotopic (exact) mass is 429 g/mol. The van der Waals surface area contributed by atoms with Gasteiger partial charge in [-0.1, -0.05) is 17.8 Å². The van der Waals surface area contributed by atoms with Gasteiger partial charge in [-0.3, -0.25) is 14.5 Å². The predicted octanol–water partition coefficient (Wildman–Crippen LogP) is 3.21. The Morgan fingerprint density at radius 1 is 1.23 bits per heavy atom. The summed E-state index contributed by atoms with van der Waals surface area (Å²) in [5.74, 6) is 0.553. The van der Waals surface area contributed by atoms with Crippen molar-refractivity contribution in [1.29, 1.82) is 0 Å². The van der Waals surface area contributed by atoms with E-state index in [0.29, 0.717) is 28.9 Å². The maximum atomic E-state index is 13.2. The molecular weight excluding hydrogens is 409 g/mol. The Bertz CT molecular complexity index is 996. The van der Waals surface area contributed by atoms with Crippen LogP contribution in [0.15, 0.2) is 47.5 Å². The van der Waals surface area contributed by atoms with Gasteiger partial charge in [0, 0.05) is 13.0 Å². The van der Waals surface area contributed by atoms with Crippen molar-refractivity contribution in [2.45, 2.75) is 25.1 Å². The van der Waals surface area contributed by atoms with Gasteiger partial charge in [-0.2, -0.15) is 0 Å². The molecule has 1 N–H and O–H groups in total. The van der Waals surface area contributed by atoms with Crippen LogP contribution in [-0.4, -0.2) is 40.5 Å². The molecular formula is C21H20FN3O4S. The van der Waals surface area contributed by atoms with E-state index in [9.17, 15) is 14.0 Å². The zero-order valence-corrected chi connectivity index (χ0v) is 17.1. The molecule has 0 aliphatic carbocycles. The van der Waals surface area contributed by atoms with Crippen LogP contribution in [0.25, 0.3) is 0 Å². The third-order valence-electron chi connectivity index (χ3n) is 4.59. The fourth-order valence-corrected chi connectivity index (χ4v) is 4.31. The molecule has 2 aromatic carbocycles. The highest BCUT2D eigenvalue weighted by Crippen LogP contribution is 2.36. The van der Waals surface area contributed by atoms with Crippen molar-refractivity contribution in [2.24, 2.45) is 4.99 Å². The Labute approximate surface area is 177 Å². The molecule has 2 aromatic rings. The second kappa shape index (κ2) is 8.74. The summed E-state index contributed by atoms with van der Waals surface area (Å²) in [7, 11) is 0. The van der Waals surface area contributed by atoms with Crippen molar-refractivity contribution in [3.05, 3.63) is 53.8 Å². The third kappa shape index (κ3) is 4.40. The lowest BCUT2D eigenvalue weighted by molar-refractivity contribution is -0.129. The molecule has 156 valence electrons. The number of fused-ring (bicyclic) bond motifs is 1. The molecule has 2 aliphatic rings. The minimum absolute atomic E-state index is 0.0669. The molecule has 1 fully saturated rings. The second-order valence-corrected chi connectivity index (χ2v) is 7.92. The van der Waals surface area contributed by atoms with E-state index in [0.717, 1.165) is 5.56 Å². The first kappa shape index (κ1) is 20.2. The van der Waals surface area contributed by atoms with Crippen molar-refractivity contribution in [2.75, 3.05) is 13.3 Å². The molecule has 0 aromatic heterocycles. The third-order valence-corrected chi connectivity index (χ3v) is 5.77. The fourth-order valence-electron chi connectivity index (χ4n) is 3.16. The highest BCUT2D eigenvalue weighted by molar-refractivity contribution is 8.15. The topological polar surface area (TPSA) is 80.2 Å². The zero-order chi connectivity index (χ0) is 21.1. The van der Waals surface area contributed by atoms with Gasteiger partial charge in [0.25, 0.3) is 0 Å². The molecule has 30 heavy (non-hydrogen) atoms. The number of carbonyl (C=O) groups is 2. The first-order valence-electron chi connectivity index (χ1n) is 9.51. The van der Waals surface area contributed by atoms with Crippen LogP contribution in [0.3, 0.4) is 0 Å². The quantitative estimate of drug-likeness (QED) is 0.763. The van der Waals surface area contributed by atoms with E-state index in [1.807, 2.05) is 19.1 Å². The normalized spacial score (nSPS) is 18.9. The molecule has 2 amide bonds. The summed E-state index contributed by atoms with van der Waals surface area (Å²) in [4.78, 5) is 31.2. The Balaban J connectivity index is 1.60. The van der Waals surface area contributed by atoms with Gasteiger partial charge in [0.05, 0.1) is 12.2 Å². The lowest BCUT2D eigenvalue weighted by Gasteiger charge is -2.17. The number of amides is 2. The van der Waals surface area contributed by atoms with E-state index >= 15 is 0 Å². The van der Waals surface area contributed by atoms with Crippen molar-refractivity contribution in [3.8, 4) is 11.5 Å². The number of ether oxygens (including phenoxy) is 2. The molecule has 0 spiro atoms. The van der Waals surface area contributed by atoms with Crippen molar-refractivity contribution < 1.29 is 23.5 Å². The number of amidine groups is 1. The molecule has 0 radical (unpaired) electrons. The van der Waals surface area contributed by atoms with Crippen LogP contribution in [0.5, 0.6) is 11.5 Å². The molecule has 0 saturated carbocycles. The Hall–Kier alpha value is -3.07. The van der Waals surface area contributed by atoms with Gasteiger partial charge in [-0.25, -0.2) is 9.38 Å². The zero-order valence-electron chi connectivity index (χ0n) is 16.3. The number of nitrogens with one attached hydrogen (secondary N) is 1. The van der Waals surface area contributed by atoms with Crippen LogP contribution in [0.4, 0.5) is 10.1 Å². The molecule has 1 saturated heterocycles. The van der Waals surface area contributed by atoms with E-state index in [2.05, 4.69) is 10.3 Å². The molecule has 4 rings (SSSR count). The number of aliphatic imine (C=N–C) groups is 1. The molecule has 2 heterocycles. The van der Waals surface area contributed by atoms with Crippen molar-refractivity contribution in [1.82, 2.24) is 10.2 Å². The summed E-state index contributed by atoms with van der Waals surface area (Å²) in [6.07, 6.45) is 0.0669. The van der Waals surface area contributed by atoms with Crippen LogP contribution in [-0.2, 0) is 16.1 Å². The van der Waals surface area contributed by atoms with E-state index < -0.39 is 5.25 Å². The SMILES string of the molecule is CCNC(=O)C[C@H]1SC(=Nc2ccc(F)cc2)N(Cc2ccc3c(c2)OCO3)C1=O. The van der Waals surface area contributed by atoms with Crippen LogP contribution < -0.4 is 14.8 Å². The van der Waals surface area contributed by atoms with Crippen LogP contribution in [0.1, 0.15) is 18.9 Å². The van der Waals surface area contributed by atoms with Crippen LogP contribution >= 0.6 is 11.8 Å². The average molecular weight is 429 g/mol. The lowest BCUT2D eigenvalue weighted by atomic mass is 10.1. The summed E-state index contributed by atoms with van der Waals surface area (Å²) in [6, 6.07) is 11.2. The van der Waals surface area contributed by atoms with Crippen LogP contribution in [0, 0.1) is 5.82 Å². The van der Waals surface area contributed by atoms with Gasteiger partial charge >= 0.3 is 0 Å². The largest absolute Gasteiger partial charge is 0.454 e. The number of thioether (sulfide) groups is 1. The molecule has 0 bridgehead atoms. The first-order valence-corrected chi connectivity index (χ1v) is 10.4. The summed E-state index contributed by atoms with van der Waals surface area (Å²) < 4.78 is 24.0. The molecule has 0 unspecified atom stereocenters. The summed E-state index contributed by atoms with van der Waals surface area (Å²) >= 11 is 1.24. The van der Waals surface area contributed by atoms with Gasteiger partial charge in [0.1, 0.15) is 11.1 Å². The van der Waals surface area contributed by atoms with E-state index in [4.69, 9.17) is 9.47 Å². The number of hydrogen-bond acceptors (Lipinski definition) is 6. The Morgan fingerprint density at radius 2 is 2.00 bits per heavy atom. The van der Waals surface area contributed by atoms with E-state index in [-0.39, 0.29) is 37.4 Å². The second-order valence-electron chi connectivity index (χ2n) is 6.75. The number of nitrogens with zero attached hydrogens (tertiary/aromatic N) is 2. The molecule has 1 atom stereocenters. The van der Waals surface area contributed by atoms with Crippen molar-refractivity contribution >= 4 is 34.4 Å². The van der Waals surface area contributed by atoms with Gasteiger partial charge in [0.2, 0.25) is 18.6 Å². The smallest absolute Gasteiger partial charge is 0.242 e. The number of carbonyl (C=O) groups excluding carboxylic acids is 2.